The van der Waals surface area contributed by atoms with Gasteiger partial charge in [-0.1, -0.05) is 18.2 Å². The molecule has 1 amide bonds. The molecule has 2 atom stereocenters. The van der Waals surface area contributed by atoms with Gasteiger partial charge in [-0.15, -0.1) is 0 Å². The number of carbonyl (C=O) groups is 1. The Bertz CT molecular complexity index is 792. The molecule has 0 bridgehead atoms. The van der Waals surface area contributed by atoms with Crippen LogP contribution >= 0.6 is 0 Å². The molecule has 4 N–H and O–H groups in total. The Morgan fingerprint density at radius 3 is 2.48 bits per heavy atom. The number of benzene rings is 2. The predicted octanol–water partition coefficient (Wildman–Crippen LogP) is 1.61. The van der Waals surface area contributed by atoms with Gasteiger partial charge < -0.3 is 30.3 Å². The van der Waals surface area contributed by atoms with E-state index in [9.17, 15) is 20.1 Å². The Morgan fingerprint density at radius 2 is 1.86 bits per heavy atom. The summed E-state index contributed by atoms with van der Waals surface area (Å²) in [5, 5.41) is 32.5. The first-order valence-corrected chi connectivity index (χ1v) is 9.56. The zero-order chi connectivity index (χ0) is 21.4. The van der Waals surface area contributed by atoms with Crippen molar-refractivity contribution in [3.05, 3.63) is 59.2 Å². The second-order valence-corrected chi connectivity index (χ2v) is 7.30. The Kier molecular flexibility index (Phi) is 8.45. The first-order valence-electron chi connectivity index (χ1n) is 9.56. The highest BCUT2D eigenvalue weighted by Crippen LogP contribution is 2.22. The largest absolute Gasteiger partial charge is 0.508 e. The van der Waals surface area contributed by atoms with Gasteiger partial charge in [-0.05, 0) is 48.7 Å². The van der Waals surface area contributed by atoms with E-state index in [1.165, 1.54) is 11.0 Å². The lowest BCUT2D eigenvalue weighted by Gasteiger charge is -2.18. The highest BCUT2D eigenvalue weighted by Gasteiger charge is 2.12. The van der Waals surface area contributed by atoms with Gasteiger partial charge in [0.05, 0.1) is 12.7 Å². The van der Waals surface area contributed by atoms with Gasteiger partial charge in [0, 0.05) is 32.2 Å². The SMILES string of the molecule is C[C@@H](Cc1ccc(OCC(=O)N(C)C)cc1)NC[C@H](O)c1ccc(O)c(CO)c1. The molecule has 2 rings (SSSR count). The van der Waals surface area contributed by atoms with Crippen LogP contribution in [0.1, 0.15) is 29.7 Å². The van der Waals surface area contributed by atoms with Crippen molar-refractivity contribution < 1.29 is 24.9 Å². The monoisotopic (exact) mass is 402 g/mol. The average molecular weight is 402 g/mol. The van der Waals surface area contributed by atoms with Crippen molar-refractivity contribution in [2.24, 2.45) is 0 Å². The summed E-state index contributed by atoms with van der Waals surface area (Å²) in [7, 11) is 3.38. The first kappa shape index (κ1) is 22.7. The molecule has 0 saturated heterocycles. The molecule has 0 aliphatic rings. The van der Waals surface area contributed by atoms with Crippen LogP contribution in [0.5, 0.6) is 11.5 Å². The van der Waals surface area contributed by atoms with Gasteiger partial charge in [0.2, 0.25) is 0 Å². The Balaban J connectivity index is 1.81. The molecule has 7 nitrogen and oxygen atoms in total. The van der Waals surface area contributed by atoms with Crippen molar-refractivity contribution in [1.82, 2.24) is 10.2 Å². The van der Waals surface area contributed by atoms with Gasteiger partial charge in [0.25, 0.3) is 5.91 Å². The molecule has 0 unspecified atom stereocenters. The first-order chi connectivity index (χ1) is 13.8. The van der Waals surface area contributed by atoms with Crippen LogP contribution in [-0.4, -0.2) is 59.4 Å². The fourth-order valence-corrected chi connectivity index (χ4v) is 2.79. The summed E-state index contributed by atoms with van der Waals surface area (Å²) in [5.74, 6) is 0.570. The summed E-state index contributed by atoms with van der Waals surface area (Å²) >= 11 is 0. The number of ether oxygens (including phenoxy) is 1. The molecule has 2 aromatic carbocycles. The quantitative estimate of drug-likeness (QED) is 0.482. The minimum absolute atomic E-state index is 0.0114. The lowest BCUT2D eigenvalue weighted by atomic mass is 10.0. The average Bonchev–Trinajstić information content (AvgIpc) is 2.71. The van der Waals surface area contributed by atoms with Crippen LogP contribution in [0.4, 0.5) is 0 Å². The van der Waals surface area contributed by atoms with Crippen LogP contribution in [0.25, 0.3) is 0 Å². The maximum Gasteiger partial charge on any atom is 0.259 e. The Morgan fingerprint density at radius 1 is 1.17 bits per heavy atom. The summed E-state index contributed by atoms with van der Waals surface area (Å²) in [6.07, 6.45) is 0.0227. The van der Waals surface area contributed by atoms with Crippen molar-refractivity contribution in [1.29, 1.82) is 0 Å². The topological polar surface area (TPSA) is 102 Å². The van der Waals surface area contributed by atoms with E-state index in [2.05, 4.69) is 5.32 Å². The molecule has 0 fully saturated rings. The van der Waals surface area contributed by atoms with Crippen LogP contribution < -0.4 is 10.1 Å². The number of amides is 1. The maximum absolute atomic E-state index is 11.6. The number of aliphatic hydroxyl groups excluding tert-OH is 2. The molecule has 0 aromatic heterocycles. The van der Waals surface area contributed by atoms with Crippen molar-refractivity contribution in [2.75, 3.05) is 27.2 Å². The van der Waals surface area contributed by atoms with Crippen LogP contribution in [0.15, 0.2) is 42.5 Å². The predicted molar refractivity (Wildman–Crippen MR) is 111 cm³/mol. The third-order valence-corrected chi connectivity index (χ3v) is 4.64. The summed E-state index contributed by atoms with van der Waals surface area (Å²) < 4.78 is 5.47. The van der Waals surface area contributed by atoms with Gasteiger partial charge in [-0.3, -0.25) is 4.79 Å². The van der Waals surface area contributed by atoms with E-state index in [4.69, 9.17) is 4.74 Å². The smallest absolute Gasteiger partial charge is 0.259 e. The number of hydrogen-bond acceptors (Lipinski definition) is 6. The normalized spacial score (nSPS) is 13.0. The highest BCUT2D eigenvalue weighted by molar-refractivity contribution is 5.77. The number of carbonyl (C=O) groups excluding carboxylic acids is 1. The molecule has 0 saturated carbocycles. The third kappa shape index (κ3) is 7.05. The number of nitrogens with one attached hydrogen (secondary N) is 1. The number of phenols is 1. The summed E-state index contributed by atoms with van der Waals surface area (Å²) in [4.78, 5) is 13.0. The van der Waals surface area contributed by atoms with Gasteiger partial charge in [0.15, 0.2) is 6.61 Å². The minimum Gasteiger partial charge on any atom is -0.508 e. The standard InChI is InChI=1S/C22H30N2O5/c1-15(23-12-21(27)17-6-9-20(26)18(11-17)13-25)10-16-4-7-19(8-5-16)29-14-22(28)24(2)3/h4-9,11,15,21,23,25-27H,10,12-14H2,1-3H3/t15-,21-/m0/s1. The number of aliphatic hydroxyl groups is 2. The molecule has 0 spiro atoms. The summed E-state index contributed by atoms with van der Waals surface area (Å²) in [6, 6.07) is 12.4. The molecule has 7 heteroatoms. The van der Waals surface area contributed by atoms with E-state index in [1.54, 1.807) is 26.2 Å². The molecule has 29 heavy (non-hydrogen) atoms. The number of hydrogen-bond donors (Lipinski definition) is 4. The molecule has 158 valence electrons. The van der Waals surface area contributed by atoms with Gasteiger partial charge in [-0.25, -0.2) is 0 Å². The van der Waals surface area contributed by atoms with Gasteiger partial charge in [0.1, 0.15) is 11.5 Å². The van der Waals surface area contributed by atoms with E-state index in [0.717, 1.165) is 12.0 Å². The second-order valence-electron chi connectivity index (χ2n) is 7.30. The molecular formula is C22H30N2O5. The van der Waals surface area contributed by atoms with Crippen molar-refractivity contribution in [3.63, 3.8) is 0 Å². The third-order valence-electron chi connectivity index (χ3n) is 4.64. The molecule has 2 aromatic rings. The fourth-order valence-electron chi connectivity index (χ4n) is 2.79. The lowest BCUT2D eigenvalue weighted by molar-refractivity contribution is -0.130. The number of aromatic hydroxyl groups is 1. The van der Waals surface area contributed by atoms with Crippen molar-refractivity contribution in [3.8, 4) is 11.5 Å². The second kappa shape index (κ2) is 10.8. The zero-order valence-electron chi connectivity index (χ0n) is 17.1. The van der Waals surface area contributed by atoms with E-state index in [-0.39, 0.29) is 30.9 Å². The van der Waals surface area contributed by atoms with Crippen LogP contribution in [-0.2, 0) is 17.8 Å². The van der Waals surface area contributed by atoms with Crippen molar-refractivity contribution in [2.45, 2.75) is 32.1 Å². The van der Waals surface area contributed by atoms with Crippen molar-refractivity contribution >= 4 is 5.91 Å². The molecule has 0 heterocycles. The Labute approximate surface area is 171 Å². The maximum atomic E-state index is 11.6. The lowest BCUT2D eigenvalue weighted by Crippen LogP contribution is -2.32. The number of rotatable bonds is 10. The summed E-state index contributed by atoms with van der Waals surface area (Å²) in [5.41, 5.74) is 2.14. The van der Waals surface area contributed by atoms with Gasteiger partial charge >= 0.3 is 0 Å². The van der Waals surface area contributed by atoms with Crippen LogP contribution in [0.3, 0.4) is 0 Å². The number of nitrogens with zero attached hydrogens (tertiary/aromatic N) is 1. The van der Waals surface area contributed by atoms with E-state index < -0.39 is 6.10 Å². The minimum atomic E-state index is -0.742. The van der Waals surface area contributed by atoms with Crippen LogP contribution in [0, 0.1) is 0 Å². The Hall–Kier alpha value is -2.61. The van der Waals surface area contributed by atoms with E-state index in [0.29, 0.717) is 23.4 Å². The molecule has 0 aliphatic carbocycles. The molecular weight excluding hydrogens is 372 g/mol. The fraction of sp³-hybridized carbons (Fsp3) is 0.409. The molecule has 0 aliphatic heterocycles. The summed E-state index contributed by atoms with van der Waals surface area (Å²) in [6.45, 7) is 2.12. The molecule has 0 radical (unpaired) electrons. The highest BCUT2D eigenvalue weighted by atomic mass is 16.5. The zero-order valence-corrected chi connectivity index (χ0v) is 17.1. The van der Waals surface area contributed by atoms with Gasteiger partial charge in [-0.2, -0.15) is 0 Å². The number of likely N-dealkylation sites (N-methyl/N-ethyl adjacent to an activating group) is 1. The van der Waals surface area contributed by atoms with E-state index >= 15 is 0 Å². The van der Waals surface area contributed by atoms with E-state index in [1.807, 2.05) is 31.2 Å². The van der Waals surface area contributed by atoms with Crippen LogP contribution in [0.2, 0.25) is 0 Å².